The van der Waals surface area contributed by atoms with Crippen molar-refractivity contribution in [2.75, 3.05) is 13.7 Å². The van der Waals surface area contributed by atoms with Gasteiger partial charge in [-0.25, -0.2) is 6.08 Å². The van der Waals surface area contributed by atoms with E-state index in [4.69, 9.17) is 22.8 Å². The van der Waals surface area contributed by atoms with Crippen molar-refractivity contribution in [3.63, 3.8) is 0 Å². The number of nitrogens with zero attached hydrogens (tertiary/aromatic N) is 1. The topological polar surface area (TPSA) is 29.5 Å². The van der Waals surface area contributed by atoms with E-state index in [0.717, 1.165) is 5.56 Å². The number of amides is 1. The third kappa shape index (κ3) is 4.33. The summed E-state index contributed by atoms with van der Waals surface area (Å²) in [4.78, 5) is 13.3. The first kappa shape index (κ1) is 18.7. The van der Waals surface area contributed by atoms with Gasteiger partial charge < -0.3 is 9.64 Å². The Morgan fingerprint density at radius 1 is 1.62 bits per heavy atom. The summed E-state index contributed by atoms with van der Waals surface area (Å²) in [5, 5.41) is 0.495. The third-order valence-corrected chi connectivity index (χ3v) is 3.93. The van der Waals surface area contributed by atoms with Crippen LogP contribution in [0.3, 0.4) is 0 Å². The second-order valence-electron chi connectivity index (χ2n) is 4.23. The molecule has 1 aliphatic rings. The molecule has 0 aromatic heterocycles. The third-order valence-electron chi connectivity index (χ3n) is 2.90. The maximum absolute atomic E-state index is 12.0. The van der Waals surface area contributed by atoms with Gasteiger partial charge in [-0.3, -0.25) is 4.79 Å². The van der Waals surface area contributed by atoms with Gasteiger partial charge in [-0.1, -0.05) is 28.3 Å². The van der Waals surface area contributed by atoms with Crippen molar-refractivity contribution in [3.8, 4) is 18.1 Å². The van der Waals surface area contributed by atoms with Crippen LogP contribution in [0.1, 0.15) is 12.0 Å². The second kappa shape index (κ2) is 8.34. The monoisotopic (exact) mass is 441 g/mol. The minimum atomic E-state index is -0.228. The van der Waals surface area contributed by atoms with Crippen LogP contribution >= 0.6 is 27.5 Å². The smallest absolute Gasteiger partial charge is 0.236 e. The van der Waals surface area contributed by atoms with E-state index in [0.29, 0.717) is 22.9 Å². The number of allylic oxidation sites excluding steroid dienone is 1. The fraction of sp³-hybridized carbons (Fsp3) is 0.267. The van der Waals surface area contributed by atoms with Gasteiger partial charge in [0.05, 0.1) is 4.83 Å². The minimum Gasteiger partial charge on any atom is -0.481 e. The van der Waals surface area contributed by atoms with Gasteiger partial charge in [-0.2, -0.15) is 0 Å². The minimum absolute atomic E-state index is 0. The van der Waals surface area contributed by atoms with E-state index in [9.17, 15) is 4.79 Å². The van der Waals surface area contributed by atoms with Crippen LogP contribution in [0.15, 0.2) is 18.2 Å². The average molecular weight is 443 g/mol. The Morgan fingerprint density at radius 2 is 2.33 bits per heavy atom. The molecule has 0 spiro atoms. The molecule has 0 saturated heterocycles. The number of ether oxygens (including phenoxy) is 1. The Bertz CT molecular complexity index is 612. The number of carbonyl (C=O) groups excluding carboxylic acids is 1. The fourth-order valence-corrected chi connectivity index (χ4v) is 2.62. The molecule has 1 atom stereocenters. The molecule has 0 fully saturated rings. The molecule has 1 amide bonds. The van der Waals surface area contributed by atoms with Crippen LogP contribution in [0, 0.1) is 18.4 Å². The number of hydrogen-bond acceptors (Lipinski definition) is 2. The van der Waals surface area contributed by atoms with Crippen molar-refractivity contribution < 1.29 is 42.2 Å². The summed E-state index contributed by atoms with van der Waals surface area (Å²) in [7, 11) is 1.71. The molecule has 107 valence electrons. The van der Waals surface area contributed by atoms with Crippen LogP contribution in [0.25, 0.3) is 5.70 Å². The first-order chi connectivity index (χ1) is 9.54. The van der Waals surface area contributed by atoms with Gasteiger partial charge in [0.25, 0.3) is 0 Å². The maximum atomic E-state index is 12.0. The van der Waals surface area contributed by atoms with E-state index in [1.54, 1.807) is 30.1 Å². The number of terminal acetylenes is 1. The first-order valence-electron chi connectivity index (χ1n) is 5.93. The first-order valence-corrected chi connectivity index (χ1v) is 7.22. The summed E-state index contributed by atoms with van der Waals surface area (Å²) in [6.45, 7) is 0.189. The van der Waals surface area contributed by atoms with Crippen molar-refractivity contribution in [2.45, 2.75) is 11.2 Å². The van der Waals surface area contributed by atoms with Crippen LogP contribution in [0.2, 0.25) is 5.02 Å². The molecule has 0 bridgehead atoms. The molecule has 0 aliphatic carbocycles. The summed E-state index contributed by atoms with van der Waals surface area (Å²) >= 11 is 9.56. The second-order valence-corrected chi connectivity index (χ2v) is 5.74. The zero-order valence-electron chi connectivity index (χ0n) is 11.4. The Hall–Kier alpha value is -0.336. The predicted molar refractivity (Wildman–Crippen MR) is 82.5 cm³/mol. The molecular formula is C15H12BrClNO2Y-. The Morgan fingerprint density at radius 3 is 2.95 bits per heavy atom. The summed E-state index contributed by atoms with van der Waals surface area (Å²) in [5.41, 5.74) is 1.43. The van der Waals surface area contributed by atoms with Gasteiger partial charge >= 0.3 is 0 Å². The molecule has 1 unspecified atom stereocenters. The van der Waals surface area contributed by atoms with Gasteiger partial charge in [0.1, 0.15) is 12.4 Å². The molecule has 2 rings (SSSR count). The molecule has 0 N–H and O–H groups in total. The average Bonchev–Trinajstić information content (AvgIpc) is 2.44. The van der Waals surface area contributed by atoms with Crippen molar-refractivity contribution >= 4 is 39.1 Å². The number of hydrogen-bond donors (Lipinski definition) is 0. The number of rotatable bonds is 3. The molecule has 1 radical (unpaired) electrons. The molecule has 21 heavy (non-hydrogen) atoms. The van der Waals surface area contributed by atoms with Crippen molar-refractivity contribution in [2.24, 2.45) is 0 Å². The Kier molecular flexibility index (Phi) is 7.43. The molecule has 3 nitrogen and oxygen atoms in total. The van der Waals surface area contributed by atoms with Crippen LogP contribution in [0.4, 0.5) is 0 Å². The molecule has 1 aliphatic heterocycles. The quantitative estimate of drug-likeness (QED) is 0.409. The molecule has 0 saturated carbocycles. The molecule has 6 heteroatoms. The summed E-state index contributed by atoms with van der Waals surface area (Å²) in [5.74, 6) is 2.98. The SMILES string of the molecule is C#CCOc1ccc(C2=[C-]CC(Br)C(=O)N2C)c(Cl)c1.[Y]. The molecule has 1 aromatic carbocycles. The number of halogens is 2. The number of benzene rings is 1. The standard InChI is InChI=1S/C15H12BrClNO2.Y/c1-3-8-20-10-4-5-11(13(17)9-10)14-7-6-12(16)15(19)18(14)2;/h1,4-5,9,12H,6,8H2,2H3;/q-1;. The van der Waals surface area contributed by atoms with E-state index in [1.807, 2.05) is 0 Å². The number of alkyl halides is 1. The zero-order chi connectivity index (χ0) is 14.7. The van der Waals surface area contributed by atoms with Gasteiger partial charge in [-0.15, -0.1) is 35.4 Å². The zero-order valence-corrected chi connectivity index (χ0v) is 16.6. The van der Waals surface area contributed by atoms with Crippen LogP contribution < -0.4 is 4.74 Å². The predicted octanol–water partition coefficient (Wildman–Crippen LogP) is 3.12. The van der Waals surface area contributed by atoms with Crippen LogP contribution in [0.5, 0.6) is 5.75 Å². The van der Waals surface area contributed by atoms with E-state index >= 15 is 0 Å². The van der Waals surface area contributed by atoms with Gasteiger partial charge in [-0.05, 0) is 17.2 Å². The van der Waals surface area contributed by atoms with Gasteiger partial charge in [0.15, 0.2) is 0 Å². The molecule has 1 aromatic rings. The van der Waals surface area contributed by atoms with Crippen molar-refractivity contribution in [1.29, 1.82) is 0 Å². The Labute approximate surface area is 163 Å². The summed E-state index contributed by atoms with van der Waals surface area (Å²) < 4.78 is 5.31. The fourth-order valence-electron chi connectivity index (χ4n) is 1.89. The summed E-state index contributed by atoms with van der Waals surface area (Å²) in [6.07, 6.45) is 8.84. The van der Waals surface area contributed by atoms with E-state index in [2.05, 4.69) is 27.9 Å². The van der Waals surface area contributed by atoms with Crippen molar-refractivity contribution in [3.05, 3.63) is 34.9 Å². The largest absolute Gasteiger partial charge is 0.481 e. The Balaban J connectivity index is 0.00000220. The van der Waals surface area contributed by atoms with Crippen LogP contribution in [-0.4, -0.2) is 29.3 Å². The number of carbonyl (C=O) groups is 1. The summed E-state index contributed by atoms with van der Waals surface area (Å²) in [6, 6.07) is 5.25. The van der Waals surface area contributed by atoms with E-state index < -0.39 is 0 Å². The molecular weight excluding hydrogens is 430 g/mol. The van der Waals surface area contributed by atoms with Gasteiger partial charge in [0.2, 0.25) is 5.91 Å². The molecule has 1 heterocycles. The maximum Gasteiger partial charge on any atom is 0.236 e. The van der Waals surface area contributed by atoms with E-state index in [1.165, 1.54) is 0 Å². The van der Waals surface area contributed by atoms with Gasteiger partial charge in [0, 0.05) is 39.8 Å². The van der Waals surface area contributed by atoms with E-state index in [-0.39, 0.29) is 50.1 Å². The van der Waals surface area contributed by atoms with Crippen LogP contribution in [-0.2, 0) is 37.5 Å². The van der Waals surface area contributed by atoms with Crippen molar-refractivity contribution in [1.82, 2.24) is 4.90 Å². The normalized spacial score (nSPS) is 17.6.